The minimum Gasteiger partial charge on any atom is -0.325 e. The van der Waals surface area contributed by atoms with Gasteiger partial charge in [0.2, 0.25) is 5.91 Å². The third-order valence-corrected chi connectivity index (χ3v) is 3.01. The second-order valence-corrected chi connectivity index (χ2v) is 4.93. The summed E-state index contributed by atoms with van der Waals surface area (Å²) in [5.41, 5.74) is 5.72. The molecule has 1 aromatic heterocycles. The summed E-state index contributed by atoms with van der Waals surface area (Å²) in [5, 5.41) is 2.67. The van der Waals surface area contributed by atoms with E-state index in [1.165, 1.54) is 0 Å². The van der Waals surface area contributed by atoms with Crippen LogP contribution in [0.25, 0.3) is 11.0 Å². The van der Waals surface area contributed by atoms with Gasteiger partial charge in [-0.25, -0.2) is 0 Å². The highest BCUT2D eigenvalue weighted by Gasteiger charge is 2.17. The monoisotopic (exact) mass is 276 g/mol. The lowest BCUT2D eigenvalue weighted by molar-refractivity contribution is -0.118. The zero-order valence-electron chi connectivity index (χ0n) is 11.2. The Hall–Kier alpha value is -2.41. The molecular formula is C13H16N4O3. The molecule has 1 aromatic carbocycles. The summed E-state index contributed by atoms with van der Waals surface area (Å²) in [5.74, 6) is -0.280. The van der Waals surface area contributed by atoms with E-state index in [2.05, 4.69) is 15.3 Å². The molecule has 0 fully saturated rings. The number of aromatic amines is 2. The van der Waals surface area contributed by atoms with Crippen molar-refractivity contribution in [2.45, 2.75) is 19.9 Å². The molecule has 5 N–H and O–H groups in total. The molecule has 0 radical (unpaired) electrons. The standard InChI is InChI=1S/C13H16N4O3/c1-6(2)10(14)11(18)15-7-3-4-8-9(5-7)17-13(20)12(19)16-8/h3-6,10H,14H2,1-2H3,(H,15,18)(H,16,19)(H,17,20)/t10-/m1/s1. The van der Waals surface area contributed by atoms with Crippen LogP contribution in [0.1, 0.15) is 13.8 Å². The van der Waals surface area contributed by atoms with Crippen LogP contribution in [0.5, 0.6) is 0 Å². The zero-order valence-corrected chi connectivity index (χ0v) is 11.2. The highest BCUT2D eigenvalue weighted by Crippen LogP contribution is 2.14. The summed E-state index contributed by atoms with van der Waals surface area (Å²) < 4.78 is 0. The maximum absolute atomic E-state index is 11.8. The van der Waals surface area contributed by atoms with E-state index in [9.17, 15) is 14.4 Å². The van der Waals surface area contributed by atoms with Crippen molar-refractivity contribution >= 4 is 22.6 Å². The number of H-pyrrole nitrogens is 2. The molecule has 0 aliphatic carbocycles. The molecule has 0 saturated heterocycles. The Balaban J connectivity index is 2.33. The fourth-order valence-corrected chi connectivity index (χ4v) is 1.72. The van der Waals surface area contributed by atoms with E-state index in [0.29, 0.717) is 16.7 Å². The molecule has 106 valence electrons. The van der Waals surface area contributed by atoms with Gasteiger partial charge in [0, 0.05) is 5.69 Å². The van der Waals surface area contributed by atoms with Crippen molar-refractivity contribution in [1.29, 1.82) is 0 Å². The first-order valence-electron chi connectivity index (χ1n) is 6.21. The summed E-state index contributed by atoms with van der Waals surface area (Å²) in [6.07, 6.45) is 0. The predicted octanol–water partition coefficient (Wildman–Crippen LogP) is 0.138. The minimum absolute atomic E-state index is 0.0200. The van der Waals surface area contributed by atoms with Gasteiger partial charge in [-0.3, -0.25) is 14.4 Å². The van der Waals surface area contributed by atoms with E-state index in [0.717, 1.165) is 0 Å². The molecule has 1 atom stereocenters. The number of benzene rings is 1. The Labute approximate surface area is 114 Å². The molecule has 1 heterocycles. The van der Waals surface area contributed by atoms with Crippen LogP contribution in [0.4, 0.5) is 5.69 Å². The SMILES string of the molecule is CC(C)[C@@H](N)C(=O)Nc1ccc2[nH]c(=O)c(=O)[nH]c2c1. The van der Waals surface area contributed by atoms with Crippen molar-refractivity contribution in [3.8, 4) is 0 Å². The Morgan fingerprint density at radius 2 is 1.75 bits per heavy atom. The number of amides is 1. The van der Waals surface area contributed by atoms with Crippen molar-refractivity contribution in [1.82, 2.24) is 9.97 Å². The zero-order chi connectivity index (χ0) is 14.9. The average Bonchev–Trinajstić information content (AvgIpc) is 2.39. The minimum atomic E-state index is -0.736. The van der Waals surface area contributed by atoms with Crippen LogP contribution in [0, 0.1) is 5.92 Å². The number of nitrogens with one attached hydrogen (secondary N) is 3. The Bertz CT molecular complexity index is 760. The van der Waals surface area contributed by atoms with E-state index in [1.54, 1.807) is 18.2 Å². The number of carbonyl (C=O) groups is 1. The third kappa shape index (κ3) is 2.77. The molecule has 0 bridgehead atoms. The van der Waals surface area contributed by atoms with Crippen LogP contribution in [-0.4, -0.2) is 21.9 Å². The number of nitrogens with two attached hydrogens (primary N) is 1. The molecule has 0 aliphatic rings. The van der Waals surface area contributed by atoms with Gasteiger partial charge in [-0.15, -0.1) is 0 Å². The highest BCUT2D eigenvalue weighted by molar-refractivity contribution is 5.96. The fourth-order valence-electron chi connectivity index (χ4n) is 1.72. The average molecular weight is 276 g/mol. The summed E-state index contributed by atoms with van der Waals surface area (Å²) in [6, 6.07) is 4.18. The lowest BCUT2D eigenvalue weighted by Gasteiger charge is -2.15. The quantitative estimate of drug-likeness (QED) is 0.596. The molecule has 7 nitrogen and oxygen atoms in total. The first kappa shape index (κ1) is 14.0. The van der Waals surface area contributed by atoms with Gasteiger partial charge in [0.25, 0.3) is 0 Å². The Morgan fingerprint density at radius 1 is 1.15 bits per heavy atom. The molecule has 20 heavy (non-hydrogen) atoms. The normalized spacial score (nSPS) is 12.6. The number of fused-ring (bicyclic) bond motifs is 1. The van der Waals surface area contributed by atoms with Gasteiger partial charge < -0.3 is 21.0 Å². The molecule has 1 amide bonds. The van der Waals surface area contributed by atoms with Crippen LogP contribution in [0.3, 0.4) is 0 Å². The largest absolute Gasteiger partial charge is 0.325 e. The van der Waals surface area contributed by atoms with Crippen molar-refractivity contribution in [3.05, 3.63) is 38.9 Å². The molecule has 2 rings (SSSR count). The molecule has 0 unspecified atom stereocenters. The van der Waals surface area contributed by atoms with Crippen LogP contribution in [0.2, 0.25) is 0 Å². The first-order chi connectivity index (χ1) is 9.38. The Kier molecular flexibility index (Phi) is 3.71. The number of hydrogen-bond donors (Lipinski definition) is 4. The topological polar surface area (TPSA) is 121 Å². The Morgan fingerprint density at radius 3 is 2.35 bits per heavy atom. The molecule has 2 aromatic rings. The van der Waals surface area contributed by atoms with Gasteiger partial charge in [-0.2, -0.15) is 0 Å². The maximum Gasteiger partial charge on any atom is 0.314 e. The second kappa shape index (κ2) is 5.30. The smallest absolute Gasteiger partial charge is 0.314 e. The highest BCUT2D eigenvalue weighted by atomic mass is 16.2. The van der Waals surface area contributed by atoms with Crippen molar-refractivity contribution in [3.63, 3.8) is 0 Å². The molecule has 0 aliphatic heterocycles. The van der Waals surface area contributed by atoms with E-state index in [1.807, 2.05) is 13.8 Å². The molecular weight excluding hydrogens is 260 g/mol. The van der Waals surface area contributed by atoms with Gasteiger partial charge in [0.05, 0.1) is 17.1 Å². The van der Waals surface area contributed by atoms with Gasteiger partial charge in [-0.1, -0.05) is 13.8 Å². The molecule has 0 saturated carbocycles. The van der Waals surface area contributed by atoms with E-state index < -0.39 is 17.2 Å². The summed E-state index contributed by atoms with van der Waals surface area (Å²) in [7, 11) is 0. The first-order valence-corrected chi connectivity index (χ1v) is 6.21. The van der Waals surface area contributed by atoms with Crippen LogP contribution >= 0.6 is 0 Å². The van der Waals surface area contributed by atoms with Gasteiger partial charge in [0.15, 0.2) is 0 Å². The molecule has 0 spiro atoms. The number of rotatable bonds is 3. The van der Waals surface area contributed by atoms with Crippen LogP contribution in [-0.2, 0) is 4.79 Å². The summed E-state index contributed by atoms with van der Waals surface area (Å²) in [4.78, 5) is 39.2. The van der Waals surface area contributed by atoms with Crippen molar-refractivity contribution in [2.75, 3.05) is 5.32 Å². The van der Waals surface area contributed by atoms with Gasteiger partial charge in [0.1, 0.15) is 0 Å². The van der Waals surface area contributed by atoms with E-state index in [4.69, 9.17) is 5.73 Å². The van der Waals surface area contributed by atoms with E-state index >= 15 is 0 Å². The number of carbonyl (C=O) groups excluding carboxylic acids is 1. The van der Waals surface area contributed by atoms with Crippen LogP contribution in [0.15, 0.2) is 27.8 Å². The van der Waals surface area contributed by atoms with Crippen molar-refractivity contribution in [2.24, 2.45) is 11.7 Å². The van der Waals surface area contributed by atoms with Crippen LogP contribution < -0.4 is 22.2 Å². The number of anilines is 1. The summed E-state index contributed by atoms with van der Waals surface area (Å²) >= 11 is 0. The van der Waals surface area contributed by atoms with Gasteiger partial charge >= 0.3 is 11.1 Å². The summed E-state index contributed by atoms with van der Waals surface area (Å²) in [6.45, 7) is 3.71. The number of hydrogen-bond acceptors (Lipinski definition) is 4. The lowest BCUT2D eigenvalue weighted by Crippen LogP contribution is -2.39. The molecule has 7 heteroatoms. The predicted molar refractivity (Wildman–Crippen MR) is 76.6 cm³/mol. The lowest BCUT2D eigenvalue weighted by atomic mass is 10.0. The third-order valence-electron chi connectivity index (χ3n) is 3.01. The fraction of sp³-hybridized carbons (Fsp3) is 0.308. The van der Waals surface area contributed by atoms with E-state index in [-0.39, 0.29) is 11.8 Å². The number of aromatic nitrogens is 2. The van der Waals surface area contributed by atoms with Crippen molar-refractivity contribution < 1.29 is 4.79 Å². The van der Waals surface area contributed by atoms with Gasteiger partial charge in [-0.05, 0) is 24.1 Å². The second-order valence-electron chi connectivity index (χ2n) is 4.93. The maximum atomic E-state index is 11.8.